The molecule has 0 aliphatic heterocycles. The third kappa shape index (κ3) is 6.53. The van der Waals surface area contributed by atoms with Gasteiger partial charge in [-0.3, -0.25) is 0 Å². The lowest BCUT2D eigenvalue weighted by molar-refractivity contribution is -0.0505. The van der Waals surface area contributed by atoms with Gasteiger partial charge in [-0.05, 0) is 43.9 Å². The van der Waals surface area contributed by atoms with Crippen molar-refractivity contribution in [3.05, 3.63) is 28.8 Å². The van der Waals surface area contributed by atoms with E-state index in [1.165, 1.54) is 6.07 Å². The monoisotopic (exact) mass is 305 g/mol. The number of ether oxygens (including phenoxy) is 1. The highest BCUT2D eigenvalue weighted by Crippen LogP contribution is 2.24. The van der Waals surface area contributed by atoms with E-state index >= 15 is 0 Å². The van der Waals surface area contributed by atoms with Crippen LogP contribution in [-0.4, -0.2) is 12.7 Å². The standard InChI is InChI=1S/C15H22ClF2NO/c1-10(2)4-5-11(3)19-9-12-8-13(16)6-7-14(12)20-15(17)18/h6-8,10-11,15,19H,4-5,9H2,1-3H3. The molecule has 1 unspecified atom stereocenters. The quantitative estimate of drug-likeness (QED) is 0.741. The van der Waals surface area contributed by atoms with Gasteiger partial charge in [0.1, 0.15) is 5.75 Å². The predicted octanol–water partition coefficient (Wildman–Crippen LogP) is 4.86. The average molecular weight is 306 g/mol. The number of hydrogen-bond donors (Lipinski definition) is 1. The van der Waals surface area contributed by atoms with Crippen LogP contribution in [0.4, 0.5) is 8.78 Å². The lowest BCUT2D eigenvalue weighted by atomic mass is 10.0. The summed E-state index contributed by atoms with van der Waals surface area (Å²) in [7, 11) is 0. The normalized spacial score (nSPS) is 13.0. The Bertz CT molecular complexity index is 413. The van der Waals surface area contributed by atoms with Crippen LogP contribution in [0.1, 0.15) is 39.2 Å². The van der Waals surface area contributed by atoms with E-state index in [-0.39, 0.29) is 5.75 Å². The second kappa shape index (κ2) is 8.42. The van der Waals surface area contributed by atoms with Crippen LogP contribution in [-0.2, 0) is 6.54 Å². The molecule has 0 aliphatic carbocycles. The van der Waals surface area contributed by atoms with Crippen LogP contribution in [0.15, 0.2) is 18.2 Å². The first-order valence-electron chi connectivity index (χ1n) is 6.85. The lowest BCUT2D eigenvalue weighted by Gasteiger charge is -2.17. The molecule has 0 saturated heterocycles. The van der Waals surface area contributed by atoms with Crippen molar-refractivity contribution in [3.63, 3.8) is 0 Å². The summed E-state index contributed by atoms with van der Waals surface area (Å²) in [6.07, 6.45) is 2.17. The molecule has 0 aromatic heterocycles. The maximum Gasteiger partial charge on any atom is 0.387 e. The van der Waals surface area contributed by atoms with Crippen LogP contribution >= 0.6 is 11.6 Å². The molecule has 1 atom stereocenters. The third-order valence-corrected chi connectivity index (χ3v) is 3.29. The molecule has 0 saturated carbocycles. The number of nitrogens with one attached hydrogen (secondary N) is 1. The predicted molar refractivity (Wildman–Crippen MR) is 78.5 cm³/mol. The Balaban J connectivity index is 2.59. The number of hydrogen-bond acceptors (Lipinski definition) is 2. The van der Waals surface area contributed by atoms with Gasteiger partial charge in [0.05, 0.1) is 0 Å². The van der Waals surface area contributed by atoms with Crippen LogP contribution in [0.3, 0.4) is 0 Å². The third-order valence-electron chi connectivity index (χ3n) is 3.06. The Kier molecular flexibility index (Phi) is 7.24. The molecule has 2 nitrogen and oxygen atoms in total. The Morgan fingerprint density at radius 3 is 2.50 bits per heavy atom. The minimum Gasteiger partial charge on any atom is -0.434 e. The summed E-state index contributed by atoms with van der Waals surface area (Å²) in [6.45, 7) is 4.08. The fourth-order valence-electron chi connectivity index (χ4n) is 1.87. The van der Waals surface area contributed by atoms with Gasteiger partial charge in [0, 0.05) is 23.2 Å². The van der Waals surface area contributed by atoms with Gasteiger partial charge in [-0.25, -0.2) is 0 Å². The van der Waals surface area contributed by atoms with E-state index in [4.69, 9.17) is 11.6 Å². The van der Waals surface area contributed by atoms with Crippen molar-refractivity contribution in [2.75, 3.05) is 0 Å². The first-order valence-corrected chi connectivity index (χ1v) is 7.23. The van der Waals surface area contributed by atoms with E-state index in [0.29, 0.717) is 29.1 Å². The highest BCUT2D eigenvalue weighted by atomic mass is 35.5. The smallest absolute Gasteiger partial charge is 0.387 e. The average Bonchev–Trinajstić information content (AvgIpc) is 2.36. The van der Waals surface area contributed by atoms with Crippen LogP contribution in [0.5, 0.6) is 5.75 Å². The molecule has 0 aliphatic rings. The van der Waals surface area contributed by atoms with E-state index < -0.39 is 6.61 Å². The molecule has 0 fully saturated rings. The lowest BCUT2D eigenvalue weighted by Crippen LogP contribution is -2.26. The zero-order chi connectivity index (χ0) is 15.1. The summed E-state index contributed by atoms with van der Waals surface area (Å²) in [6, 6.07) is 4.99. The van der Waals surface area contributed by atoms with Crippen molar-refractivity contribution >= 4 is 11.6 Å². The number of halogens is 3. The molecule has 0 spiro atoms. The Morgan fingerprint density at radius 2 is 1.90 bits per heavy atom. The van der Waals surface area contributed by atoms with Crippen molar-refractivity contribution in [1.29, 1.82) is 0 Å². The van der Waals surface area contributed by atoms with Crippen molar-refractivity contribution in [1.82, 2.24) is 5.32 Å². The molecule has 1 aromatic carbocycles. The molecule has 1 rings (SSSR count). The molecule has 1 N–H and O–H groups in total. The van der Waals surface area contributed by atoms with Crippen LogP contribution in [0.25, 0.3) is 0 Å². The molecule has 114 valence electrons. The van der Waals surface area contributed by atoms with Gasteiger partial charge in [-0.15, -0.1) is 0 Å². The van der Waals surface area contributed by atoms with Crippen molar-refractivity contribution in [2.45, 2.75) is 52.8 Å². The van der Waals surface area contributed by atoms with Gasteiger partial charge in [0.25, 0.3) is 0 Å². The zero-order valence-corrected chi connectivity index (χ0v) is 12.9. The van der Waals surface area contributed by atoms with E-state index in [9.17, 15) is 8.78 Å². The number of alkyl halides is 2. The molecule has 0 radical (unpaired) electrons. The molecule has 0 amide bonds. The van der Waals surface area contributed by atoms with E-state index in [2.05, 4.69) is 30.8 Å². The SMILES string of the molecule is CC(C)CCC(C)NCc1cc(Cl)ccc1OC(F)F. The molecular formula is C15H22ClF2NO. The number of rotatable bonds is 8. The molecule has 1 aromatic rings. The van der Waals surface area contributed by atoms with E-state index in [1.807, 2.05) is 0 Å². The summed E-state index contributed by atoms with van der Waals surface area (Å²) in [5.74, 6) is 0.830. The van der Waals surface area contributed by atoms with E-state index in [0.717, 1.165) is 12.8 Å². The first-order chi connectivity index (χ1) is 9.38. The van der Waals surface area contributed by atoms with Gasteiger partial charge >= 0.3 is 6.61 Å². The molecule has 0 heterocycles. The largest absolute Gasteiger partial charge is 0.434 e. The minimum atomic E-state index is -2.83. The number of benzene rings is 1. The summed E-state index contributed by atoms with van der Waals surface area (Å²) >= 11 is 5.90. The summed E-state index contributed by atoms with van der Waals surface area (Å²) in [5.41, 5.74) is 0.647. The topological polar surface area (TPSA) is 21.3 Å². The fraction of sp³-hybridized carbons (Fsp3) is 0.600. The van der Waals surface area contributed by atoms with Gasteiger partial charge < -0.3 is 10.1 Å². The van der Waals surface area contributed by atoms with Gasteiger partial charge in [-0.1, -0.05) is 25.4 Å². The second-order valence-electron chi connectivity index (χ2n) is 5.38. The van der Waals surface area contributed by atoms with Crippen molar-refractivity contribution in [2.24, 2.45) is 5.92 Å². The van der Waals surface area contributed by atoms with Gasteiger partial charge in [0.2, 0.25) is 0 Å². The van der Waals surface area contributed by atoms with E-state index in [1.54, 1.807) is 12.1 Å². The Labute approximate surface area is 124 Å². The molecule has 0 bridgehead atoms. The zero-order valence-electron chi connectivity index (χ0n) is 12.1. The molecule has 20 heavy (non-hydrogen) atoms. The van der Waals surface area contributed by atoms with Crippen LogP contribution in [0, 0.1) is 5.92 Å². The van der Waals surface area contributed by atoms with Gasteiger partial charge in [-0.2, -0.15) is 8.78 Å². The first kappa shape index (κ1) is 17.2. The van der Waals surface area contributed by atoms with Crippen molar-refractivity contribution in [3.8, 4) is 5.75 Å². The van der Waals surface area contributed by atoms with Crippen LogP contribution < -0.4 is 10.1 Å². The van der Waals surface area contributed by atoms with Crippen LogP contribution in [0.2, 0.25) is 5.02 Å². The summed E-state index contributed by atoms with van der Waals surface area (Å²) in [4.78, 5) is 0. The fourth-order valence-corrected chi connectivity index (χ4v) is 2.06. The Morgan fingerprint density at radius 1 is 1.20 bits per heavy atom. The molecule has 5 heteroatoms. The molecular weight excluding hydrogens is 284 g/mol. The highest BCUT2D eigenvalue weighted by molar-refractivity contribution is 6.30. The summed E-state index contributed by atoms with van der Waals surface area (Å²) in [5, 5.41) is 3.82. The summed E-state index contributed by atoms with van der Waals surface area (Å²) < 4.78 is 29.2. The second-order valence-corrected chi connectivity index (χ2v) is 5.82. The maximum absolute atomic E-state index is 12.3. The maximum atomic E-state index is 12.3. The highest BCUT2D eigenvalue weighted by Gasteiger charge is 2.11. The minimum absolute atomic E-state index is 0.174. The van der Waals surface area contributed by atoms with Crippen molar-refractivity contribution < 1.29 is 13.5 Å². The van der Waals surface area contributed by atoms with Gasteiger partial charge in [0.15, 0.2) is 0 Å². The Hall–Kier alpha value is -0.870.